The van der Waals surface area contributed by atoms with Gasteiger partial charge in [-0.1, -0.05) is 26.0 Å². The fourth-order valence-corrected chi connectivity index (χ4v) is 3.51. The highest BCUT2D eigenvalue weighted by atomic mass is 35.5. The number of benzene rings is 1. The maximum absolute atomic E-state index is 13.7. The number of hydrogen-bond acceptors (Lipinski definition) is 2. The smallest absolute Gasteiger partial charge is 0.361 e. The summed E-state index contributed by atoms with van der Waals surface area (Å²) in [6.07, 6.45) is 1.68. The molecular weight excluding hydrogens is 397 g/mol. The SMILES string of the molecule is CC(C)C(=O)N1CCCCc2cc(C(O)(C(F)(F)Cl)C(F)(F)Cl)ccc21. The Labute approximate surface area is 158 Å². The van der Waals surface area contributed by atoms with Crippen molar-refractivity contribution in [2.24, 2.45) is 5.92 Å². The molecule has 0 saturated carbocycles. The van der Waals surface area contributed by atoms with Crippen LogP contribution >= 0.6 is 23.2 Å². The zero-order chi connectivity index (χ0) is 19.9. The van der Waals surface area contributed by atoms with E-state index in [4.69, 9.17) is 23.2 Å². The summed E-state index contributed by atoms with van der Waals surface area (Å²) >= 11 is 9.57. The second-order valence-electron chi connectivity index (χ2n) is 6.65. The van der Waals surface area contributed by atoms with Crippen LogP contribution in [0, 0.1) is 5.92 Å². The number of halogens is 6. The number of rotatable bonds is 4. The minimum absolute atomic E-state index is 0.165. The van der Waals surface area contributed by atoms with Crippen molar-refractivity contribution < 1.29 is 27.5 Å². The highest BCUT2D eigenvalue weighted by Crippen LogP contribution is 2.53. The van der Waals surface area contributed by atoms with Crippen molar-refractivity contribution in [1.82, 2.24) is 0 Å². The first-order chi connectivity index (χ1) is 11.8. The van der Waals surface area contributed by atoms with Crippen molar-refractivity contribution >= 4 is 34.8 Å². The Morgan fingerprint density at radius 3 is 2.23 bits per heavy atom. The molecule has 3 nitrogen and oxygen atoms in total. The van der Waals surface area contributed by atoms with E-state index in [2.05, 4.69) is 0 Å². The summed E-state index contributed by atoms with van der Waals surface area (Å²) in [6.45, 7) is 3.88. The molecule has 2 rings (SSSR count). The molecule has 1 N–H and O–H groups in total. The van der Waals surface area contributed by atoms with Gasteiger partial charge in [0.15, 0.2) is 0 Å². The van der Waals surface area contributed by atoms with Crippen LogP contribution in [0.2, 0.25) is 0 Å². The third kappa shape index (κ3) is 3.66. The van der Waals surface area contributed by atoms with Crippen LogP contribution in [0.5, 0.6) is 0 Å². The molecule has 9 heteroatoms. The molecule has 0 aliphatic carbocycles. The lowest BCUT2D eigenvalue weighted by atomic mass is 9.90. The standard InChI is InChI=1S/C17H19Cl2F4NO2/c1-10(2)14(25)24-8-4-3-5-11-9-12(6-7-13(11)24)15(26,16(18,20)21)17(19,22)23/h6-7,9-10,26H,3-5,8H2,1-2H3. The molecule has 0 saturated heterocycles. The maximum atomic E-state index is 13.7. The molecule has 1 aliphatic heterocycles. The van der Waals surface area contributed by atoms with Crippen LogP contribution < -0.4 is 4.90 Å². The number of amides is 1. The zero-order valence-corrected chi connectivity index (χ0v) is 15.7. The molecular formula is C17H19Cl2F4NO2. The highest BCUT2D eigenvalue weighted by molar-refractivity contribution is 6.26. The van der Waals surface area contributed by atoms with E-state index in [1.165, 1.54) is 11.0 Å². The summed E-state index contributed by atoms with van der Waals surface area (Å²) in [5, 5.41) is 0.611. The monoisotopic (exact) mass is 415 g/mol. The normalized spacial score (nSPS) is 16.5. The summed E-state index contributed by atoms with van der Waals surface area (Å²) < 4.78 is 54.6. The van der Waals surface area contributed by atoms with Crippen molar-refractivity contribution in [3.8, 4) is 0 Å². The van der Waals surface area contributed by atoms with Gasteiger partial charge < -0.3 is 10.0 Å². The summed E-state index contributed by atoms with van der Waals surface area (Å²) in [5.74, 6) is -0.460. The molecule has 1 aliphatic rings. The Hall–Kier alpha value is -1.05. The van der Waals surface area contributed by atoms with E-state index in [-0.39, 0.29) is 11.8 Å². The fourth-order valence-electron chi connectivity index (χ4n) is 3.01. The van der Waals surface area contributed by atoms with Gasteiger partial charge in [0, 0.05) is 18.2 Å². The van der Waals surface area contributed by atoms with Crippen LogP contribution in [0.25, 0.3) is 0 Å². The number of carbonyl (C=O) groups excluding carboxylic acids is 1. The van der Waals surface area contributed by atoms with Crippen LogP contribution in [0.4, 0.5) is 23.2 Å². The number of nitrogens with zero attached hydrogens (tertiary/aromatic N) is 1. The van der Waals surface area contributed by atoms with Crippen molar-refractivity contribution in [3.63, 3.8) is 0 Å². The third-order valence-corrected chi connectivity index (χ3v) is 4.99. The van der Waals surface area contributed by atoms with Crippen molar-refractivity contribution in [1.29, 1.82) is 0 Å². The topological polar surface area (TPSA) is 40.5 Å². The summed E-state index contributed by atoms with van der Waals surface area (Å²) in [7, 11) is 0. The maximum Gasteiger partial charge on any atom is 0.361 e. The van der Waals surface area contributed by atoms with Crippen LogP contribution in [0.1, 0.15) is 37.8 Å². The lowest BCUT2D eigenvalue weighted by Crippen LogP contribution is -2.52. The minimum atomic E-state index is -4.72. The lowest BCUT2D eigenvalue weighted by Gasteiger charge is -2.36. The Kier molecular flexibility index (Phi) is 5.86. The Morgan fingerprint density at radius 2 is 1.73 bits per heavy atom. The first kappa shape index (κ1) is 21.3. The van der Waals surface area contributed by atoms with E-state index < -0.39 is 21.9 Å². The van der Waals surface area contributed by atoms with Crippen LogP contribution in [-0.4, -0.2) is 28.3 Å². The molecule has 1 heterocycles. The van der Waals surface area contributed by atoms with Crippen molar-refractivity contribution in [2.45, 2.75) is 49.5 Å². The number of aliphatic hydroxyl groups is 1. The van der Waals surface area contributed by atoms with Crippen LogP contribution in [-0.2, 0) is 16.8 Å². The average molecular weight is 416 g/mol. The zero-order valence-electron chi connectivity index (χ0n) is 14.2. The van der Waals surface area contributed by atoms with Gasteiger partial charge in [0.2, 0.25) is 11.5 Å². The predicted molar refractivity (Wildman–Crippen MR) is 92.1 cm³/mol. The van der Waals surface area contributed by atoms with E-state index in [1.54, 1.807) is 13.8 Å². The number of fused-ring (bicyclic) bond motifs is 1. The molecule has 0 radical (unpaired) electrons. The van der Waals surface area contributed by atoms with Gasteiger partial charge in [-0.3, -0.25) is 4.79 Å². The second kappa shape index (κ2) is 7.17. The number of hydrogen-bond donors (Lipinski definition) is 1. The van der Waals surface area contributed by atoms with Crippen LogP contribution in [0.3, 0.4) is 0 Å². The van der Waals surface area contributed by atoms with Crippen molar-refractivity contribution in [3.05, 3.63) is 29.3 Å². The number of aryl methyl sites for hydroxylation is 1. The van der Waals surface area contributed by atoms with E-state index in [0.29, 0.717) is 37.1 Å². The lowest BCUT2D eigenvalue weighted by molar-refractivity contribution is -0.224. The van der Waals surface area contributed by atoms with Gasteiger partial charge in [-0.05, 0) is 59.7 Å². The molecule has 1 aromatic rings. The quantitative estimate of drug-likeness (QED) is 0.563. The number of anilines is 1. The Morgan fingerprint density at radius 1 is 1.15 bits per heavy atom. The Balaban J connectivity index is 2.60. The van der Waals surface area contributed by atoms with Gasteiger partial charge in [0.25, 0.3) is 0 Å². The molecule has 0 spiro atoms. The van der Waals surface area contributed by atoms with Crippen molar-refractivity contribution in [2.75, 3.05) is 11.4 Å². The van der Waals surface area contributed by atoms with E-state index >= 15 is 0 Å². The summed E-state index contributed by atoms with van der Waals surface area (Å²) in [6, 6.07) is 3.19. The minimum Gasteiger partial charge on any atom is -0.372 e. The molecule has 0 atom stereocenters. The molecule has 1 amide bonds. The number of carbonyl (C=O) groups is 1. The van der Waals surface area contributed by atoms with Crippen LogP contribution in [0.15, 0.2) is 18.2 Å². The third-order valence-electron chi connectivity index (χ3n) is 4.45. The van der Waals surface area contributed by atoms with Gasteiger partial charge in [-0.2, -0.15) is 17.6 Å². The molecule has 0 bridgehead atoms. The van der Waals surface area contributed by atoms with Gasteiger partial charge in [0.1, 0.15) is 0 Å². The van der Waals surface area contributed by atoms with E-state index in [1.807, 2.05) is 0 Å². The predicted octanol–water partition coefficient (Wildman–Crippen LogP) is 4.86. The Bertz CT molecular complexity index is 672. The largest absolute Gasteiger partial charge is 0.372 e. The van der Waals surface area contributed by atoms with Gasteiger partial charge >= 0.3 is 10.8 Å². The molecule has 26 heavy (non-hydrogen) atoms. The first-order valence-electron chi connectivity index (χ1n) is 8.11. The van der Waals surface area contributed by atoms with Gasteiger partial charge in [0.05, 0.1) is 0 Å². The molecule has 1 aromatic carbocycles. The first-order valence-corrected chi connectivity index (χ1v) is 8.87. The summed E-state index contributed by atoms with van der Waals surface area (Å²) in [5.41, 5.74) is -4.07. The number of alkyl halides is 6. The molecule has 0 unspecified atom stereocenters. The highest BCUT2D eigenvalue weighted by Gasteiger charge is 2.68. The fraction of sp³-hybridized carbons (Fsp3) is 0.588. The molecule has 0 fully saturated rings. The summed E-state index contributed by atoms with van der Waals surface area (Å²) in [4.78, 5) is 13.9. The van der Waals surface area contributed by atoms with Gasteiger partial charge in [-0.15, -0.1) is 0 Å². The van der Waals surface area contributed by atoms with E-state index in [0.717, 1.165) is 12.1 Å². The molecule has 0 aromatic heterocycles. The second-order valence-corrected chi connectivity index (χ2v) is 7.60. The van der Waals surface area contributed by atoms with E-state index in [9.17, 15) is 27.5 Å². The molecule has 146 valence electrons. The average Bonchev–Trinajstić information content (AvgIpc) is 2.72. The van der Waals surface area contributed by atoms with Gasteiger partial charge in [-0.25, -0.2) is 0 Å².